The van der Waals surface area contributed by atoms with Crippen LogP contribution >= 0.6 is 11.3 Å². The van der Waals surface area contributed by atoms with Crippen LogP contribution in [0, 0.1) is 5.92 Å². The Morgan fingerprint density at radius 2 is 2.21 bits per heavy atom. The number of likely N-dealkylation sites (N-methyl/N-ethyl adjacent to an activating group) is 1. The molecule has 0 amide bonds. The maximum Gasteiger partial charge on any atom is 0.378 e. The van der Waals surface area contributed by atoms with Crippen molar-refractivity contribution in [3.63, 3.8) is 0 Å². The Hall–Kier alpha value is -1.63. The molecule has 6 heteroatoms. The summed E-state index contributed by atoms with van der Waals surface area (Å²) in [6, 6.07) is 1.54. The highest BCUT2D eigenvalue weighted by Gasteiger charge is 2.55. The predicted molar refractivity (Wildman–Crippen MR) is 70.9 cm³/mol. The van der Waals surface area contributed by atoms with E-state index in [9.17, 15) is 9.90 Å². The largest absolute Gasteiger partial charge is 0.378 e. The van der Waals surface area contributed by atoms with E-state index in [-0.39, 0.29) is 6.04 Å². The first-order valence-corrected chi connectivity index (χ1v) is 6.72. The van der Waals surface area contributed by atoms with Crippen molar-refractivity contribution in [3.8, 4) is 0 Å². The molecule has 1 aromatic rings. The summed E-state index contributed by atoms with van der Waals surface area (Å²) in [5.74, 6) is -1.54. The van der Waals surface area contributed by atoms with E-state index in [0.29, 0.717) is 5.56 Å². The molecule has 0 bridgehead atoms. The van der Waals surface area contributed by atoms with Crippen molar-refractivity contribution < 1.29 is 20.0 Å². The van der Waals surface area contributed by atoms with Gasteiger partial charge in [-0.2, -0.15) is 5.26 Å². The van der Waals surface area contributed by atoms with E-state index in [2.05, 4.69) is 4.89 Å². The standard InChI is InChI=1S/C13H13NO4S/c1-14-10-5-3-2-4-8(10)13(16,12(15)18-17)9-6-7-19-11(9)14/h2-8,10,16-17H,1H3. The highest BCUT2D eigenvalue weighted by molar-refractivity contribution is 7.14. The number of nitrogens with zero attached hydrogens (tertiary/aromatic N) is 1. The van der Waals surface area contributed by atoms with E-state index in [0.717, 1.165) is 5.00 Å². The molecule has 0 saturated heterocycles. The highest BCUT2D eigenvalue weighted by Crippen LogP contribution is 2.49. The van der Waals surface area contributed by atoms with Crippen LogP contribution in [0.2, 0.25) is 0 Å². The monoisotopic (exact) mass is 279 g/mol. The second kappa shape index (κ2) is 4.19. The minimum atomic E-state index is -1.86. The van der Waals surface area contributed by atoms with Crippen LogP contribution in [0.3, 0.4) is 0 Å². The zero-order chi connectivity index (χ0) is 13.6. The molecule has 0 fully saturated rings. The lowest BCUT2D eigenvalue weighted by Gasteiger charge is -2.45. The quantitative estimate of drug-likeness (QED) is 0.602. The molecular formula is C13H13NO4S. The zero-order valence-electron chi connectivity index (χ0n) is 10.2. The van der Waals surface area contributed by atoms with Crippen molar-refractivity contribution in [1.29, 1.82) is 0 Å². The molecule has 19 heavy (non-hydrogen) atoms. The number of thiophene rings is 1. The van der Waals surface area contributed by atoms with Crippen LogP contribution in [0.4, 0.5) is 5.00 Å². The molecule has 100 valence electrons. The number of carbonyl (C=O) groups is 1. The first-order valence-electron chi connectivity index (χ1n) is 5.84. The Balaban J connectivity index is 2.22. The molecule has 3 rings (SSSR count). The Morgan fingerprint density at radius 3 is 2.95 bits per heavy atom. The number of hydrogen-bond donors (Lipinski definition) is 2. The smallest absolute Gasteiger partial charge is 0.373 e. The molecule has 0 saturated carbocycles. The third-order valence-corrected chi connectivity index (χ3v) is 4.81. The summed E-state index contributed by atoms with van der Waals surface area (Å²) in [5, 5.41) is 22.2. The SMILES string of the molecule is CN1c2sccc2C(O)(C(=O)OO)C2C=CC=CC21. The minimum Gasteiger partial charge on any atom is -0.373 e. The van der Waals surface area contributed by atoms with E-state index >= 15 is 0 Å². The predicted octanol–water partition coefficient (Wildman–Crippen LogP) is 1.51. The van der Waals surface area contributed by atoms with Crippen LogP contribution in [0.15, 0.2) is 35.8 Å². The molecule has 2 aliphatic rings. The molecule has 5 nitrogen and oxygen atoms in total. The van der Waals surface area contributed by atoms with Gasteiger partial charge in [0.15, 0.2) is 0 Å². The number of carbonyl (C=O) groups excluding carboxylic acids is 1. The third kappa shape index (κ3) is 1.51. The Morgan fingerprint density at radius 1 is 1.47 bits per heavy atom. The van der Waals surface area contributed by atoms with Gasteiger partial charge in [-0.1, -0.05) is 24.3 Å². The normalized spacial score (nSPS) is 31.8. The zero-order valence-corrected chi connectivity index (χ0v) is 11.0. The van der Waals surface area contributed by atoms with Gasteiger partial charge in [0.25, 0.3) is 0 Å². The second-order valence-electron chi connectivity index (χ2n) is 4.68. The van der Waals surface area contributed by atoms with Gasteiger partial charge in [-0.25, -0.2) is 4.79 Å². The van der Waals surface area contributed by atoms with Crippen LogP contribution in [0.1, 0.15) is 5.56 Å². The fourth-order valence-electron chi connectivity index (χ4n) is 2.85. The summed E-state index contributed by atoms with van der Waals surface area (Å²) in [7, 11) is 1.92. The van der Waals surface area contributed by atoms with Gasteiger partial charge in [0.05, 0.1) is 11.0 Å². The molecule has 2 N–H and O–H groups in total. The topological polar surface area (TPSA) is 70.0 Å². The molecule has 3 atom stereocenters. The summed E-state index contributed by atoms with van der Waals surface area (Å²) in [4.78, 5) is 17.8. The van der Waals surface area contributed by atoms with E-state index in [1.807, 2.05) is 29.5 Å². The lowest BCUT2D eigenvalue weighted by atomic mass is 9.73. The summed E-state index contributed by atoms with van der Waals surface area (Å²) >= 11 is 1.44. The maximum atomic E-state index is 11.9. The summed E-state index contributed by atoms with van der Waals surface area (Å²) < 4.78 is 0. The van der Waals surface area contributed by atoms with Crippen molar-refractivity contribution in [2.45, 2.75) is 11.6 Å². The Bertz CT molecular complexity index is 579. The first-order chi connectivity index (χ1) is 9.10. The number of rotatable bonds is 1. The Labute approximate surface area is 114 Å². The van der Waals surface area contributed by atoms with E-state index in [1.165, 1.54) is 11.3 Å². The maximum absolute atomic E-state index is 11.9. The molecule has 3 unspecified atom stereocenters. The molecule has 0 spiro atoms. The third-order valence-electron chi connectivity index (χ3n) is 3.81. The Kier molecular flexibility index (Phi) is 2.74. The molecule has 1 aliphatic heterocycles. The highest BCUT2D eigenvalue weighted by atomic mass is 32.1. The average Bonchev–Trinajstić information content (AvgIpc) is 2.94. The summed E-state index contributed by atoms with van der Waals surface area (Å²) in [6.07, 6.45) is 7.34. The van der Waals surface area contributed by atoms with Crippen LogP contribution in [0.5, 0.6) is 0 Å². The van der Waals surface area contributed by atoms with Crippen molar-refractivity contribution in [2.24, 2.45) is 5.92 Å². The van der Waals surface area contributed by atoms with E-state index in [4.69, 9.17) is 5.26 Å². The summed E-state index contributed by atoms with van der Waals surface area (Å²) in [6.45, 7) is 0. The fourth-order valence-corrected chi connectivity index (χ4v) is 3.82. The van der Waals surface area contributed by atoms with Gasteiger partial charge in [-0.05, 0) is 11.4 Å². The van der Waals surface area contributed by atoms with Gasteiger partial charge in [0.2, 0.25) is 5.60 Å². The number of anilines is 1. The fraction of sp³-hybridized carbons (Fsp3) is 0.308. The summed E-state index contributed by atoms with van der Waals surface area (Å²) in [5.41, 5.74) is -1.39. The van der Waals surface area contributed by atoms with Gasteiger partial charge in [-0.3, -0.25) is 4.89 Å². The van der Waals surface area contributed by atoms with E-state index in [1.54, 1.807) is 18.2 Å². The van der Waals surface area contributed by atoms with E-state index < -0.39 is 17.5 Å². The number of allylic oxidation sites excluding steroid dienone is 2. The van der Waals surface area contributed by atoms with Gasteiger partial charge in [0, 0.05) is 18.5 Å². The van der Waals surface area contributed by atoms with Crippen molar-refractivity contribution in [3.05, 3.63) is 41.3 Å². The minimum absolute atomic E-state index is 0.153. The lowest BCUT2D eigenvalue weighted by Crippen LogP contribution is -2.56. The van der Waals surface area contributed by atoms with Gasteiger partial charge in [0.1, 0.15) is 0 Å². The average molecular weight is 279 g/mol. The van der Waals surface area contributed by atoms with Crippen LogP contribution in [0.25, 0.3) is 0 Å². The molecular weight excluding hydrogens is 266 g/mol. The number of fused-ring (bicyclic) bond motifs is 2. The molecule has 0 aromatic carbocycles. The van der Waals surface area contributed by atoms with Crippen molar-refractivity contribution >= 4 is 22.3 Å². The second-order valence-corrected chi connectivity index (χ2v) is 5.58. The molecule has 0 radical (unpaired) electrons. The number of aliphatic hydroxyl groups is 1. The molecule has 1 aromatic heterocycles. The van der Waals surface area contributed by atoms with Crippen LogP contribution in [-0.4, -0.2) is 29.4 Å². The van der Waals surface area contributed by atoms with Gasteiger partial charge >= 0.3 is 5.97 Å². The van der Waals surface area contributed by atoms with Gasteiger partial charge < -0.3 is 10.0 Å². The van der Waals surface area contributed by atoms with Crippen molar-refractivity contribution in [1.82, 2.24) is 0 Å². The lowest BCUT2D eigenvalue weighted by molar-refractivity contribution is -0.256. The molecule has 1 aliphatic carbocycles. The van der Waals surface area contributed by atoms with Crippen LogP contribution in [-0.2, 0) is 15.3 Å². The first kappa shape index (κ1) is 12.4. The molecule has 2 heterocycles. The number of hydrogen-bond acceptors (Lipinski definition) is 6. The van der Waals surface area contributed by atoms with Crippen molar-refractivity contribution in [2.75, 3.05) is 11.9 Å². The van der Waals surface area contributed by atoms with Gasteiger partial charge in [-0.15, -0.1) is 11.3 Å². The van der Waals surface area contributed by atoms with Crippen LogP contribution < -0.4 is 4.90 Å².